The number of benzene rings is 1. The average molecular weight is 238 g/mol. The van der Waals surface area contributed by atoms with E-state index in [1.54, 1.807) is 0 Å². The van der Waals surface area contributed by atoms with Gasteiger partial charge in [-0.1, -0.05) is 0 Å². The SMILES string of the molecule is O=C(c1cc(F)ccc1[N+](=O)[O-])N1CCCC1. The number of nitro benzene ring substituents is 1. The Kier molecular flexibility index (Phi) is 3.03. The zero-order valence-electron chi connectivity index (χ0n) is 9.06. The normalized spacial score (nSPS) is 15.0. The molecule has 1 fully saturated rings. The van der Waals surface area contributed by atoms with Crippen LogP contribution >= 0.6 is 0 Å². The van der Waals surface area contributed by atoms with Gasteiger partial charge in [-0.2, -0.15) is 0 Å². The molecule has 6 heteroatoms. The van der Waals surface area contributed by atoms with Crippen molar-refractivity contribution in [3.63, 3.8) is 0 Å². The van der Waals surface area contributed by atoms with E-state index in [9.17, 15) is 19.3 Å². The van der Waals surface area contributed by atoms with Crippen molar-refractivity contribution in [2.75, 3.05) is 13.1 Å². The van der Waals surface area contributed by atoms with Gasteiger partial charge in [0.25, 0.3) is 11.6 Å². The number of hydrogen-bond donors (Lipinski definition) is 0. The molecule has 0 N–H and O–H groups in total. The molecule has 1 aliphatic rings. The number of nitrogens with zero attached hydrogens (tertiary/aromatic N) is 2. The van der Waals surface area contributed by atoms with Crippen LogP contribution in [0.3, 0.4) is 0 Å². The number of halogens is 1. The molecule has 1 aromatic rings. The van der Waals surface area contributed by atoms with Gasteiger partial charge in [-0.15, -0.1) is 0 Å². The standard InChI is InChI=1S/C11H11FN2O3/c12-8-3-4-10(14(16)17)9(7-8)11(15)13-5-1-2-6-13/h3-4,7H,1-2,5-6H2. The lowest BCUT2D eigenvalue weighted by Gasteiger charge is -2.14. The fraction of sp³-hybridized carbons (Fsp3) is 0.364. The number of nitro groups is 1. The van der Waals surface area contributed by atoms with Crippen LogP contribution in [0.4, 0.5) is 10.1 Å². The molecule has 0 saturated carbocycles. The lowest BCUT2D eigenvalue weighted by molar-refractivity contribution is -0.385. The minimum Gasteiger partial charge on any atom is -0.338 e. The minimum absolute atomic E-state index is 0.170. The highest BCUT2D eigenvalue weighted by atomic mass is 19.1. The molecule has 0 bridgehead atoms. The molecular formula is C11H11FN2O3. The third-order valence-electron chi connectivity index (χ3n) is 2.78. The lowest BCUT2D eigenvalue weighted by Crippen LogP contribution is -2.28. The maximum atomic E-state index is 13.1. The van der Waals surface area contributed by atoms with Gasteiger partial charge in [-0.25, -0.2) is 4.39 Å². The van der Waals surface area contributed by atoms with Crippen LogP contribution in [0.1, 0.15) is 23.2 Å². The van der Waals surface area contributed by atoms with E-state index in [-0.39, 0.29) is 11.3 Å². The van der Waals surface area contributed by atoms with E-state index in [0.717, 1.165) is 31.0 Å². The number of hydrogen-bond acceptors (Lipinski definition) is 3. The highest BCUT2D eigenvalue weighted by Gasteiger charge is 2.26. The maximum Gasteiger partial charge on any atom is 0.282 e. The summed E-state index contributed by atoms with van der Waals surface area (Å²) >= 11 is 0. The zero-order valence-corrected chi connectivity index (χ0v) is 9.06. The highest BCUT2D eigenvalue weighted by molar-refractivity contribution is 5.98. The summed E-state index contributed by atoms with van der Waals surface area (Å²) in [6, 6.07) is 2.94. The van der Waals surface area contributed by atoms with E-state index in [2.05, 4.69) is 0 Å². The molecule has 90 valence electrons. The van der Waals surface area contributed by atoms with Gasteiger partial charge < -0.3 is 4.90 Å². The first kappa shape index (κ1) is 11.5. The fourth-order valence-electron chi connectivity index (χ4n) is 1.93. The van der Waals surface area contributed by atoms with Crippen LogP contribution in [-0.4, -0.2) is 28.8 Å². The second-order valence-electron chi connectivity index (χ2n) is 3.92. The van der Waals surface area contributed by atoms with Crippen molar-refractivity contribution in [3.8, 4) is 0 Å². The second-order valence-corrected chi connectivity index (χ2v) is 3.92. The van der Waals surface area contributed by atoms with Crippen molar-refractivity contribution in [2.24, 2.45) is 0 Å². The van der Waals surface area contributed by atoms with Crippen LogP contribution in [0.2, 0.25) is 0 Å². The highest BCUT2D eigenvalue weighted by Crippen LogP contribution is 2.23. The molecule has 5 nitrogen and oxygen atoms in total. The molecular weight excluding hydrogens is 227 g/mol. The third kappa shape index (κ3) is 2.25. The predicted molar refractivity (Wildman–Crippen MR) is 58.2 cm³/mol. The molecule has 1 aromatic carbocycles. The quantitative estimate of drug-likeness (QED) is 0.584. The Morgan fingerprint density at radius 3 is 2.59 bits per heavy atom. The van der Waals surface area contributed by atoms with Gasteiger partial charge >= 0.3 is 0 Å². The van der Waals surface area contributed by atoms with Gasteiger partial charge in [0.05, 0.1) is 4.92 Å². The summed E-state index contributed by atoms with van der Waals surface area (Å²) in [6.07, 6.45) is 1.77. The Morgan fingerprint density at radius 1 is 1.35 bits per heavy atom. The number of carbonyl (C=O) groups excluding carboxylic acids is 1. The summed E-state index contributed by atoms with van der Waals surface area (Å²) in [5, 5.41) is 10.8. The largest absolute Gasteiger partial charge is 0.338 e. The van der Waals surface area contributed by atoms with E-state index >= 15 is 0 Å². The Balaban J connectivity index is 2.38. The lowest BCUT2D eigenvalue weighted by atomic mass is 10.1. The molecule has 2 rings (SSSR count). The van der Waals surface area contributed by atoms with E-state index in [0.29, 0.717) is 13.1 Å². The summed E-state index contributed by atoms with van der Waals surface area (Å²) in [7, 11) is 0. The summed E-state index contributed by atoms with van der Waals surface area (Å²) in [6.45, 7) is 1.15. The van der Waals surface area contributed by atoms with Crippen molar-refractivity contribution < 1.29 is 14.1 Å². The Bertz CT molecular complexity index is 470. The molecule has 0 unspecified atom stereocenters. The molecule has 1 heterocycles. The first-order valence-corrected chi connectivity index (χ1v) is 5.33. The Morgan fingerprint density at radius 2 is 2.00 bits per heavy atom. The van der Waals surface area contributed by atoms with Crippen molar-refractivity contribution in [2.45, 2.75) is 12.8 Å². The molecule has 0 aromatic heterocycles. The molecule has 1 aliphatic heterocycles. The number of likely N-dealkylation sites (tertiary alicyclic amines) is 1. The van der Waals surface area contributed by atoms with Gasteiger partial charge in [0.2, 0.25) is 0 Å². The topological polar surface area (TPSA) is 63.4 Å². The molecule has 17 heavy (non-hydrogen) atoms. The maximum absolute atomic E-state index is 13.1. The molecule has 0 aliphatic carbocycles. The van der Waals surface area contributed by atoms with Crippen LogP contribution in [0, 0.1) is 15.9 Å². The Hall–Kier alpha value is -1.98. The van der Waals surface area contributed by atoms with Crippen LogP contribution in [0.15, 0.2) is 18.2 Å². The van der Waals surface area contributed by atoms with Crippen LogP contribution in [0.25, 0.3) is 0 Å². The summed E-state index contributed by atoms with van der Waals surface area (Å²) in [5.41, 5.74) is -0.514. The van der Waals surface area contributed by atoms with Crippen molar-refractivity contribution in [1.82, 2.24) is 4.90 Å². The first-order chi connectivity index (χ1) is 8.09. The summed E-state index contributed by atoms with van der Waals surface area (Å²) in [5.74, 6) is -1.10. The third-order valence-corrected chi connectivity index (χ3v) is 2.78. The van der Waals surface area contributed by atoms with Gasteiger partial charge in [0, 0.05) is 19.2 Å². The van der Waals surface area contributed by atoms with Gasteiger partial charge in [0.15, 0.2) is 0 Å². The second kappa shape index (κ2) is 4.48. The smallest absolute Gasteiger partial charge is 0.282 e. The zero-order chi connectivity index (χ0) is 12.4. The van der Waals surface area contributed by atoms with Crippen molar-refractivity contribution in [3.05, 3.63) is 39.7 Å². The van der Waals surface area contributed by atoms with Gasteiger partial charge in [0.1, 0.15) is 11.4 Å². The van der Waals surface area contributed by atoms with E-state index in [1.807, 2.05) is 0 Å². The first-order valence-electron chi connectivity index (χ1n) is 5.33. The van der Waals surface area contributed by atoms with Gasteiger partial charge in [-0.3, -0.25) is 14.9 Å². The summed E-state index contributed by atoms with van der Waals surface area (Å²) in [4.78, 5) is 23.6. The molecule has 1 saturated heterocycles. The van der Waals surface area contributed by atoms with Crippen molar-refractivity contribution in [1.29, 1.82) is 0 Å². The van der Waals surface area contributed by atoms with Crippen LogP contribution in [0.5, 0.6) is 0 Å². The van der Waals surface area contributed by atoms with E-state index < -0.39 is 16.6 Å². The number of carbonyl (C=O) groups is 1. The van der Waals surface area contributed by atoms with Crippen molar-refractivity contribution >= 4 is 11.6 Å². The average Bonchev–Trinajstić information content (AvgIpc) is 2.80. The number of amides is 1. The molecule has 0 radical (unpaired) electrons. The Labute approximate surface area is 97.0 Å². The molecule has 0 atom stereocenters. The van der Waals surface area contributed by atoms with E-state index in [1.165, 1.54) is 4.90 Å². The van der Waals surface area contributed by atoms with Gasteiger partial charge in [-0.05, 0) is 25.0 Å². The molecule has 0 spiro atoms. The molecule has 1 amide bonds. The van der Waals surface area contributed by atoms with Crippen LogP contribution < -0.4 is 0 Å². The number of rotatable bonds is 2. The van der Waals surface area contributed by atoms with E-state index in [4.69, 9.17) is 0 Å². The van der Waals surface area contributed by atoms with Crippen LogP contribution in [-0.2, 0) is 0 Å². The fourth-order valence-corrected chi connectivity index (χ4v) is 1.93. The summed E-state index contributed by atoms with van der Waals surface area (Å²) < 4.78 is 13.1. The predicted octanol–water partition coefficient (Wildman–Crippen LogP) is 1.97. The minimum atomic E-state index is -0.664. The monoisotopic (exact) mass is 238 g/mol.